The van der Waals surface area contributed by atoms with Gasteiger partial charge < -0.3 is 10.1 Å². The minimum Gasteiger partial charge on any atom is -0.481 e. The summed E-state index contributed by atoms with van der Waals surface area (Å²) in [6, 6.07) is 3.87. The van der Waals surface area contributed by atoms with E-state index in [1.807, 2.05) is 18.3 Å². The van der Waals surface area contributed by atoms with Crippen molar-refractivity contribution in [1.82, 2.24) is 10.3 Å². The van der Waals surface area contributed by atoms with E-state index in [1.165, 1.54) is 6.42 Å². The molecule has 5 heteroatoms. The van der Waals surface area contributed by atoms with E-state index in [9.17, 15) is 0 Å². The van der Waals surface area contributed by atoms with Crippen LogP contribution in [-0.2, 0) is 6.54 Å². The molecule has 1 aliphatic heterocycles. The smallest absolute Gasteiger partial charge is 0.212 e. The third-order valence-electron chi connectivity index (χ3n) is 2.25. The maximum Gasteiger partial charge on any atom is 0.212 e. The monoisotopic (exact) mass is 237 g/mol. The number of methoxy groups -OCH3 is 1. The van der Waals surface area contributed by atoms with E-state index in [2.05, 4.69) is 15.3 Å². The highest BCUT2D eigenvalue weighted by Gasteiger charge is 2.05. The lowest BCUT2D eigenvalue weighted by atomic mass is 10.3. The number of pyridine rings is 1. The molecular formula is C11H15N3OS. The van der Waals surface area contributed by atoms with Crippen molar-refractivity contribution < 1.29 is 4.74 Å². The van der Waals surface area contributed by atoms with E-state index in [0.717, 1.165) is 29.6 Å². The molecule has 0 radical (unpaired) electrons. The molecule has 1 aromatic heterocycles. The Hall–Kier alpha value is -1.23. The first-order chi connectivity index (χ1) is 7.88. The minimum absolute atomic E-state index is 0.646. The fourth-order valence-electron chi connectivity index (χ4n) is 1.38. The van der Waals surface area contributed by atoms with E-state index >= 15 is 0 Å². The summed E-state index contributed by atoms with van der Waals surface area (Å²) < 4.78 is 5.00. The zero-order valence-corrected chi connectivity index (χ0v) is 10.1. The van der Waals surface area contributed by atoms with Crippen molar-refractivity contribution in [2.75, 3.05) is 19.4 Å². The van der Waals surface area contributed by atoms with Crippen LogP contribution in [0, 0.1) is 0 Å². The number of hydrogen-bond donors (Lipinski definition) is 1. The van der Waals surface area contributed by atoms with Crippen molar-refractivity contribution in [1.29, 1.82) is 0 Å². The first-order valence-electron chi connectivity index (χ1n) is 5.28. The molecule has 16 heavy (non-hydrogen) atoms. The topological polar surface area (TPSA) is 46.5 Å². The molecule has 0 atom stereocenters. The Morgan fingerprint density at radius 2 is 2.44 bits per heavy atom. The van der Waals surface area contributed by atoms with Gasteiger partial charge in [-0.3, -0.25) is 4.99 Å². The van der Waals surface area contributed by atoms with Crippen LogP contribution in [0.5, 0.6) is 5.88 Å². The molecule has 0 spiro atoms. The second-order valence-corrected chi connectivity index (χ2v) is 4.53. The molecule has 2 heterocycles. The van der Waals surface area contributed by atoms with E-state index in [0.29, 0.717) is 5.88 Å². The summed E-state index contributed by atoms with van der Waals surface area (Å²) in [5.74, 6) is 1.81. The number of rotatable bonds is 3. The van der Waals surface area contributed by atoms with Gasteiger partial charge in [0.2, 0.25) is 5.88 Å². The first-order valence-corrected chi connectivity index (χ1v) is 6.27. The third-order valence-corrected chi connectivity index (χ3v) is 3.29. The highest BCUT2D eigenvalue weighted by Crippen LogP contribution is 2.11. The summed E-state index contributed by atoms with van der Waals surface area (Å²) in [5.41, 5.74) is 1.13. The third kappa shape index (κ3) is 3.13. The molecule has 1 aliphatic rings. The molecule has 0 unspecified atom stereocenters. The summed E-state index contributed by atoms with van der Waals surface area (Å²) >= 11 is 1.78. The van der Waals surface area contributed by atoms with Crippen LogP contribution in [-0.4, -0.2) is 29.6 Å². The number of ether oxygens (including phenoxy) is 1. The second kappa shape index (κ2) is 5.75. The molecule has 0 saturated carbocycles. The average molecular weight is 237 g/mol. The van der Waals surface area contributed by atoms with Gasteiger partial charge in [-0.1, -0.05) is 17.8 Å². The van der Waals surface area contributed by atoms with Crippen LogP contribution in [0.4, 0.5) is 0 Å². The molecule has 0 saturated heterocycles. The predicted octanol–water partition coefficient (Wildman–Crippen LogP) is 1.67. The van der Waals surface area contributed by atoms with Gasteiger partial charge in [-0.2, -0.15) is 0 Å². The van der Waals surface area contributed by atoms with Crippen LogP contribution < -0.4 is 10.1 Å². The Morgan fingerprint density at radius 1 is 1.50 bits per heavy atom. The highest BCUT2D eigenvalue weighted by atomic mass is 32.2. The quantitative estimate of drug-likeness (QED) is 0.868. The van der Waals surface area contributed by atoms with Gasteiger partial charge in [-0.25, -0.2) is 4.98 Å². The van der Waals surface area contributed by atoms with Crippen molar-refractivity contribution in [2.24, 2.45) is 4.99 Å². The van der Waals surface area contributed by atoms with Crippen LogP contribution in [0.25, 0.3) is 0 Å². The normalized spacial score (nSPS) is 15.4. The lowest BCUT2D eigenvalue weighted by molar-refractivity contribution is 0.397. The molecule has 1 aromatic rings. The predicted molar refractivity (Wildman–Crippen MR) is 67.0 cm³/mol. The van der Waals surface area contributed by atoms with Gasteiger partial charge in [0.25, 0.3) is 0 Å². The van der Waals surface area contributed by atoms with E-state index < -0.39 is 0 Å². The Bertz CT molecular complexity index is 364. The maximum absolute atomic E-state index is 5.00. The Morgan fingerprint density at radius 3 is 3.06 bits per heavy atom. The molecule has 0 fully saturated rings. The molecular weight excluding hydrogens is 222 g/mol. The van der Waals surface area contributed by atoms with Gasteiger partial charge in [0, 0.05) is 31.1 Å². The number of hydrogen-bond acceptors (Lipinski definition) is 5. The van der Waals surface area contributed by atoms with Crippen molar-refractivity contribution in [3.05, 3.63) is 23.9 Å². The van der Waals surface area contributed by atoms with Gasteiger partial charge in [0.1, 0.15) is 0 Å². The summed E-state index contributed by atoms with van der Waals surface area (Å²) in [7, 11) is 1.62. The fourth-order valence-corrected chi connectivity index (χ4v) is 2.20. The molecule has 0 aromatic carbocycles. The van der Waals surface area contributed by atoms with E-state index in [-0.39, 0.29) is 0 Å². The Balaban J connectivity index is 1.86. The summed E-state index contributed by atoms with van der Waals surface area (Å²) in [4.78, 5) is 8.55. The fraction of sp³-hybridized carbons (Fsp3) is 0.455. The minimum atomic E-state index is 0.646. The second-order valence-electron chi connectivity index (χ2n) is 3.45. The van der Waals surface area contributed by atoms with Crippen molar-refractivity contribution in [2.45, 2.75) is 13.0 Å². The zero-order chi connectivity index (χ0) is 11.2. The average Bonchev–Trinajstić information content (AvgIpc) is 2.38. The summed E-state index contributed by atoms with van der Waals surface area (Å²) in [6.07, 6.45) is 3.00. The largest absolute Gasteiger partial charge is 0.481 e. The molecule has 4 nitrogen and oxygen atoms in total. The number of amidine groups is 1. The van der Waals surface area contributed by atoms with Crippen molar-refractivity contribution >= 4 is 16.9 Å². The number of nitrogens with zero attached hydrogens (tertiary/aromatic N) is 2. The summed E-state index contributed by atoms with van der Waals surface area (Å²) in [5, 5.41) is 4.35. The number of aliphatic imine (C=N–C) groups is 1. The Kier molecular flexibility index (Phi) is 4.04. The van der Waals surface area contributed by atoms with Gasteiger partial charge in [0.05, 0.1) is 7.11 Å². The lowest BCUT2D eigenvalue weighted by Gasteiger charge is -2.13. The maximum atomic E-state index is 5.00. The SMILES string of the molecule is COc1ccc(CNC2=NCCCS2)cn1. The number of thioether (sulfide) groups is 1. The lowest BCUT2D eigenvalue weighted by Crippen LogP contribution is -2.23. The zero-order valence-electron chi connectivity index (χ0n) is 9.27. The Labute approximate surface area is 99.5 Å². The molecule has 1 N–H and O–H groups in total. The van der Waals surface area contributed by atoms with Crippen molar-refractivity contribution in [3.63, 3.8) is 0 Å². The van der Waals surface area contributed by atoms with Crippen LogP contribution in [0.15, 0.2) is 23.3 Å². The van der Waals surface area contributed by atoms with Crippen LogP contribution in [0.1, 0.15) is 12.0 Å². The molecule has 86 valence electrons. The number of aromatic nitrogens is 1. The van der Waals surface area contributed by atoms with Crippen LogP contribution in [0.2, 0.25) is 0 Å². The summed E-state index contributed by atoms with van der Waals surface area (Å²) in [6.45, 7) is 1.71. The van der Waals surface area contributed by atoms with Gasteiger partial charge in [0.15, 0.2) is 5.17 Å². The first kappa shape index (κ1) is 11.3. The number of nitrogens with one attached hydrogen (secondary N) is 1. The van der Waals surface area contributed by atoms with Gasteiger partial charge >= 0.3 is 0 Å². The standard InChI is InChI=1S/C11H15N3OS/c1-15-10-4-3-9(7-13-10)8-14-11-12-5-2-6-16-11/h3-4,7H,2,5-6,8H2,1H3,(H,12,14). The van der Waals surface area contributed by atoms with E-state index in [1.54, 1.807) is 18.9 Å². The highest BCUT2D eigenvalue weighted by molar-refractivity contribution is 8.13. The van der Waals surface area contributed by atoms with Crippen molar-refractivity contribution in [3.8, 4) is 5.88 Å². The molecule has 0 bridgehead atoms. The van der Waals surface area contributed by atoms with Gasteiger partial charge in [-0.15, -0.1) is 0 Å². The molecule has 0 amide bonds. The van der Waals surface area contributed by atoms with Crippen LogP contribution in [0.3, 0.4) is 0 Å². The van der Waals surface area contributed by atoms with Gasteiger partial charge in [-0.05, 0) is 12.0 Å². The van der Waals surface area contributed by atoms with E-state index in [4.69, 9.17) is 4.74 Å². The van der Waals surface area contributed by atoms with Crippen LogP contribution >= 0.6 is 11.8 Å². The molecule has 0 aliphatic carbocycles. The molecule has 2 rings (SSSR count).